The Kier molecular flexibility index (Phi) is 4.58. The summed E-state index contributed by atoms with van der Waals surface area (Å²) in [5.41, 5.74) is 2.02. The third-order valence-corrected chi connectivity index (χ3v) is 3.84. The monoisotopic (exact) mass is 301 g/mol. The van der Waals surface area contributed by atoms with Crippen molar-refractivity contribution in [3.8, 4) is 0 Å². The molecule has 22 heavy (non-hydrogen) atoms. The lowest BCUT2D eigenvalue weighted by atomic mass is 10.3. The molecule has 6 heteroatoms. The number of aromatic nitrogens is 2. The Morgan fingerprint density at radius 2 is 2.41 bits per heavy atom. The van der Waals surface area contributed by atoms with Crippen LogP contribution in [-0.2, 0) is 6.42 Å². The van der Waals surface area contributed by atoms with Crippen LogP contribution in [0.5, 0.6) is 0 Å². The first-order valence-electron chi connectivity index (χ1n) is 7.90. The maximum absolute atomic E-state index is 9.66. The van der Waals surface area contributed by atoms with Gasteiger partial charge in [-0.05, 0) is 25.5 Å². The summed E-state index contributed by atoms with van der Waals surface area (Å²) < 4.78 is 2.03. The van der Waals surface area contributed by atoms with E-state index in [1.54, 1.807) is 0 Å². The lowest BCUT2D eigenvalue weighted by molar-refractivity contribution is 0.188. The maximum Gasteiger partial charge on any atom is 0.194 e. The summed E-state index contributed by atoms with van der Waals surface area (Å²) in [6.07, 6.45) is 5.45. The largest absolute Gasteiger partial charge is 0.391 e. The van der Waals surface area contributed by atoms with Crippen molar-refractivity contribution < 1.29 is 5.11 Å². The molecule has 1 atom stereocenters. The molecule has 0 radical (unpaired) electrons. The second-order valence-electron chi connectivity index (χ2n) is 5.57. The summed E-state index contributed by atoms with van der Waals surface area (Å²) in [5.74, 6) is 0.891. The molecule has 0 aromatic carbocycles. The van der Waals surface area contributed by atoms with Crippen molar-refractivity contribution >= 4 is 11.6 Å². The van der Waals surface area contributed by atoms with E-state index < -0.39 is 0 Å². The molecule has 1 aliphatic rings. The minimum atomic E-state index is -0.234. The fraction of sp³-hybridized carbons (Fsp3) is 0.500. The fourth-order valence-corrected chi connectivity index (χ4v) is 2.74. The number of likely N-dealkylation sites (tertiary alicyclic amines) is 1. The number of pyridine rings is 1. The first-order valence-corrected chi connectivity index (χ1v) is 7.90. The van der Waals surface area contributed by atoms with E-state index >= 15 is 0 Å². The summed E-state index contributed by atoms with van der Waals surface area (Å²) in [7, 11) is 0. The van der Waals surface area contributed by atoms with Crippen LogP contribution in [0.15, 0.2) is 35.6 Å². The number of guanidine groups is 1. The van der Waals surface area contributed by atoms with Crippen molar-refractivity contribution in [2.45, 2.75) is 25.9 Å². The lowest BCUT2D eigenvalue weighted by Crippen LogP contribution is -2.40. The van der Waals surface area contributed by atoms with Gasteiger partial charge in [-0.2, -0.15) is 0 Å². The van der Waals surface area contributed by atoms with Crippen molar-refractivity contribution in [2.75, 3.05) is 26.2 Å². The maximum atomic E-state index is 9.66. The Bertz CT molecular complexity index is 618. The number of aliphatic hydroxyl groups excluding tert-OH is 1. The van der Waals surface area contributed by atoms with E-state index in [4.69, 9.17) is 0 Å². The molecule has 118 valence electrons. The van der Waals surface area contributed by atoms with E-state index in [1.165, 1.54) is 0 Å². The van der Waals surface area contributed by atoms with Crippen LogP contribution in [0.2, 0.25) is 0 Å². The fourth-order valence-electron chi connectivity index (χ4n) is 2.74. The number of rotatable bonds is 4. The predicted molar refractivity (Wildman–Crippen MR) is 87.1 cm³/mol. The Balaban J connectivity index is 1.63. The van der Waals surface area contributed by atoms with Crippen LogP contribution < -0.4 is 5.32 Å². The normalized spacial score (nSPS) is 19.1. The molecule has 1 aliphatic heterocycles. The number of fused-ring (bicyclic) bond motifs is 1. The van der Waals surface area contributed by atoms with Crippen molar-refractivity contribution in [2.24, 2.45) is 4.99 Å². The summed E-state index contributed by atoms with van der Waals surface area (Å²) in [6, 6.07) is 5.99. The zero-order valence-corrected chi connectivity index (χ0v) is 12.9. The molecule has 6 nitrogen and oxygen atoms in total. The van der Waals surface area contributed by atoms with Gasteiger partial charge in [-0.1, -0.05) is 6.07 Å². The van der Waals surface area contributed by atoms with Crippen LogP contribution in [0.1, 0.15) is 19.0 Å². The van der Waals surface area contributed by atoms with E-state index in [0.717, 1.165) is 43.2 Å². The zero-order chi connectivity index (χ0) is 15.4. The van der Waals surface area contributed by atoms with Crippen LogP contribution in [0.4, 0.5) is 0 Å². The molecule has 0 aliphatic carbocycles. The minimum absolute atomic E-state index is 0.234. The summed E-state index contributed by atoms with van der Waals surface area (Å²) in [5, 5.41) is 13.0. The molecule has 2 N–H and O–H groups in total. The average molecular weight is 301 g/mol. The molecule has 0 unspecified atom stereocenters. The van der Waals surface area contributed by atoms with Crippen molar-refractivity contribution in [1.29, 1.82) is 0 Å². The second kappa shape index (κ2) is 6.79. The van der Waals surface area contributed by atoms with Gasteiger partial charge in [0, 0.05) is 45.0 Å². The standard InChI is InChI=1S/C16H23N5O/c1-2-17-16(21-10-7-14(22)12-21)18-8-6-13-11-20-9-4-3-5-15(20)19-13/h3-5,9,11,14,22H,2,6-8,10,12H2,1H3,(H,17,18)/t14-/m1/s1. The Labute approximate surface area is 130 Å². The highest BCUT2D eigenvalue weighted by Gasteiger charge is 2.22. The molecule has 0 amide bonds. The molecule has 0 bridgehead atoms. The van der Waals surface area contributed by atoms with E-state index in [0.29, 0.717) is 13.1 Å². The molecule has 3 heterocycles. The molecule has 1 saturated heterocycles. The minimum Gasteiger partial charge on any atom is -0.391 e. The molecule has 2 aromatic heterocycles. The van der Waals surface area contributed by atoms with Crippen molar-refractivity contribution in [3.05, 3.63) is 36.3 Å². The van der Waals surface area contributed by atoms with Crippen LogP contribution in [-0.4, -0.2) is 57.6 Å². The summed E-state index contributed by atoms with van der Waals surface area (Å²) in [6.45, 7) is 5.12. The summed E-state index contributed by atoms with van der Waals surface area (Å²) in [4.78, 5) is 11.4. The van der Waals surface area contributed by atoms with Gasteiger partial charge in [-0.3, -0.25) is 4.99 Å². The number of imidazole rings is 1. The molecule has 0 spiro atoms. The molecular weight excluding hydrogens is 278 g/mol. The van der Waals surface area contributed by atoms with E-state index in [1.807, 2.05) is 28.8 Å². The predicted octanol–water partition coefficient (Wildman–Crippen LogP) is 0.909. The van der Waals surface area contributed by atoms with Gasteiger partial charge < -0.3 is 19.7 Å². The van der Waals surface area contributed by atoms with Gasteiger partial charge in [0.1, 0.15) is 5.65 Å². The number of nitrogens with zero attached hydrogens (tertiary/aromatic N) is 4. The number of nitrogens with one attached hydrogen (secondary N) is 1. The first kappa shape index (κ1) is 14.8. The van der Waals surface area contributed by atoms with Crippen molar-refractivity contribution in [3.63, 3.8) is 0 Å². The molecule has 2 aromatic rings. The van der Waals surface area contributed by atoms with Gasteiger partial charge >= 0.3 is 0 Å². The molecule has 0 saturated carbocycles. The topological polar surface area (TPSA) is 65.2 Å². The van der Waals surface area contributed by atoms with E-state index in [2.05, 4.69) is 33.3 Å². The highest BCUT2D eigenvalue weighted by Crippen LogP contribution is 2.09. The smallest absolute Gasteiger partial charge is 0.194 e. The SMILES string of the molecule is CCNC(=NCCc1cn2ccccc2n1)N1CC[C@@H](O)C1. The lowest BCUT2D eigenvalue weighted by Gasteiger charge is -2.20. The Morgan fingerprint density at radius 3 is 3.14 bits per heavy atom. The Morgan fingerprint density at radius 1 is 1.50 bits per heavy atom. The van der Waals surface area contributed by atoms with Crippen LogP contribution in [0.3, 0.4) is 0 Å². The van der Waals surface area contributed by atoms with E-state index in [9.17, 15) is 5.11 Å². The Hall–Kier alpha value is -2.08. The highest BCUT2D eigenvalue weighted by atomic mass is 16.3. The summed E-state index contributed by atoms with van der Waals surface area (Å²) >= 11 is 0. The van der Waals surface area contributed by atoms with Gasteiger partial charge in [0.15, 0.2) is 5.96 Å². The highest BCUT2D eigenvalue weighted by molar-refractivity contribution is 5.80. The molecule has 1 fully saturated rings. The quantitative estimate of drug-likeness (QED) is 0.651. The van der Waals surface area contributed by atoms with Gasteiger partial charge in [0.25, 0.3) is 0 Å². The second-order valence-corrected chi connectivity index (χ2v) is 5.57. The van der Waals surface area contributed by atoms with Gasteiger partial charge in [-0.15, -0.1) is 0 Å². The van der Waals surface area contributed by atoms with E-state index in [-0.39, 0.29) is 6.10 Å². The van der Waals surface area contributed by atoms with Gasteiger partial charge in [0.05, 0.1) is 11.8 Å². The third-order valence-electron chi connectivity index (χ3n) is 3.84. The number of β-amino-alcohol motifs (C(OH)–C–C–N with tert-alkyl or cyclic N) is 1. The molecular formula is C16H23N5O. The third kappa shape index (κ3) is 3.39. The number of hydrogen-bond acceptors (Lipinski definition) is 3. The number of hydrogen-bond donors (Lipinski definition) is 2. The average Bonchev–Trinajstić information content (AvgIpc) is 3.12. The van der Waals surface area contributed by atoms with Gasteiger partial charge in [0.2, 0.25) is 0 Å². The zero-order valence-electron chi connectivity index (χ0n) is 12.9. The first-order chi connectivity index (χ1) is 10.8. The van der Waals surface area contributed by atoms with Crippen LogP contribution in [0, 0.1) is 0 Å². The molecule has 3 rings (SSSR count). The number of aliphatic hydroxyl groups is 1. The van der Waals surface area contributed by atoms with Crippen LogP contribution in [0.25, 0.3) is 5.65 Å². The van der Waals surface area contributed by atoms with Crippen molar-refractivity contribution in [1.82, 2.24) is 19.6 Å². The van der Waals surface area contributed by atoms with Gasteiger partial charge in [-0.25, -0.2) is 4.98 Å². The van der Waals surface area contributed by atoms with Crippen LogP contribution >= 0.6 is 0 Å². The number of aliphatic imine (C=N–C) groups is 1.